The summed E-state index contributed by atoms with van der Waals surface area (Å²) in [6.45, 7) is 2.34. The molecule has 2 nitrogen and oxygen atoms in total. The van der Waals surface area contributed by atoms with Gasteiger partial charge >= 0.3 is 0 Å². The molecule has 2 heterocycles. The highest BCUT2D eigenvalue weighted by Crippen LogP contribution is 2.25. The zero-order chi connectivity index (χ0) is 11.7. The van der Waals surface area contributed by atoms with Crippen LogP contribution in [0.15, 0.2) is 24.4 Å². The molecule has 3 rings (SSSR count). The predicted molar refractivity (Wildman–Crippen MR) is 72.6 cm³/mol. The molecule has 0 spiro atoms. The van der Waals surface area contributed by atoms with Crippen LogP contribution >= 0.6 is 11.6 Å². The fourth-order valence-electron chi connectivity index (χ4n) is 2.70. The van der Waals surface area contributed by atoms with Crippen molar-refractivity contribution >= 4 is 22.5 Å². The average molecular weight is 249 g/mol. The Morgan fingerprint density at radius 2 is 2.29 bits per heavy atom. The molecule has 1 saturated heterocycles. The number of fused-ring (bicyclic) bond motifs is 1. The molecule has 0 bridgehead atoms. The van der Waals surface area contributed by atoms with Crippen molar-refractivity contribution in [2.45, 2.75) is 19.3 Å². The molecule has 0 radical (unpaired) electrons. The zero-order valence-corrected chi connectivity index (χ0v) is 10.6. The van der Waals surface area contributed by atoms with Crippen LogP contribution in [0.5, 0.6) is 0 Å². The Balaban J connectivity index is 1.80. The molecule has 1 aromatic heterocycles. The van der Waals surface area contributed by atoms with E-state index in [0.717, 1.165) is 28.4 Å². The predicted octanol–water partition coefficient (Wildman–Crippen LogP) is 3.36. The van der Waals surface area contributed by atoms with Gasteiger partial charge < -0.3 is 10.3 Å². The minimum atomic E-state index is 0.784. The molecule has 1 unspecified atom stereocenters. The lowest BCUT2D eigenvalue weighted by Gasteiger charge is -2.22. The molecule has 17 heavy (non-hydrogen) atoms. The fourth-order valence-corrected chi connectivity index (χ4v) is 2.92. The second-order valence-corrected chi connectivity index (χ2v) is 5.34. The molecule has 1 aliphatic rings. The molecular weight excluding hydrogens is 232 g/mol. The summed E-state index contributed by atoms with van der Waals surface area (Å²) in [5.41, 5.74) is 2.56. The number of halogens is 1. The van der Waals surface area contributed by atoms with Gasteiger partial charge in [0.05, 0.1) is 5.02 Å². The number of aromatic amines is 1. The van der Waals surface area contributed by atoms with Gasteiger partial charge in [-0.3, -0.25) is 0 Å². The van der Waals surface area contributed by atoms with Crippen molar-refractivity contribution in [3.05, 3.63) is 35.0 Å². The summed E-state index contributed by atoms with van der Waals surface area (Å²) in [4.78, 5) is 3.22. The molecule has 0 amide bonds. The fraction of sp³-hybridized carbons (Fsp3) is 0.429. The molecule has 2 N–H and O–H groups in total. The maximum atomic E-state index is 6.08. The van der Waals surface area contributed by atoms with Crippen molar-refractivity contribution in [3.63, 3.8) is 0 Å². The lowest BCUT2D eigenvalue weighted by atomic mass is 9.92. The summed E-state index contributed by atoms with van der Waals surface area (Å²) in [6.07, 6.45) is 5.68. The number of nitrogens with one attached hydrogen (secondary N) is 2. The maximum Gasteiger partial charge on any atom is 0.0659 e. The van der Waals surface area contributed by atoms with E-state index in [1.54, 1.807) is 0 Å². The molecule has 2 aromatic rings. The molecule has 0 aliphatic carbocycles. The number of aromatic nitrogens is 1. The van der Waals surface area contributed by atoms with E-state index >= 15 is 0 Å². The second-order valence-electron chi connectivity index (χ2n) is 4.93. The number of hydrogen-bond acceptors (Lipinski definition) is 1. The van der Waals surface area contributed by atoms with Crippen LogP contribution in [-0.4, -0.2) is 18.1 Å². The average Bonchev–Trinajstić information content (AvgIpc) is 2.72. The van der Waals surface area contributed by atoms with Gasteiger partial charge in [0.25, 0.3) is 0 Å². The number of piperidine rings is 1. The zero-order valence-electron chi connectivity index (χ0n) is 9.80. The summed E-state index contributed by atoms with van der Waals surface area (Å²) in [6, 6.07) is 6.56. The SMILES string of the molecule is Clc1c[nH]c2cc(CC3CCCNC3)ccc12. The first-order chi connectivity index (χ1) is 8.33. The Morgan fingerprint density at radius 3 is 3.12 bits per heavy atom. The highest BCUT2D eigenvalue weighted by molar-refractivity contribution is 6.35. The quantitative estimate of drug-likeness (QED) is 0.838. The van der Waals surface area contributed by atoms with Gasteiger partial charge in [0.15, 0.2) is 0 Å². The second kappa shape index (κ2) is 4.71. The molecule has 1 aromatic carbocycles. The summed E-state index contributed by atoms with van der Waals surface area (Å²) in [5, 5.41) is 5.40. The Kier molecular flexibility index (Phi) is 3.08. The molecule has 3 heteroatoms. The standard InChI is InChI=1S/C14H17ClN2/c15-13-9-17-14-7-10(3-4-12(13)14)6-11-2-1-5-16-8-11/h3-4,7,9,11,16-17H,1-2,5-6,8H2. The van der Waals surface area contributed by atoms with Gasteiger partial charge in [0, 0.05) is 17.1 Å². The normalized spacial score (nSPS) is 20.9. The Hall–Kier alpha value is -0.990. The molecule has 1 aliphatic heterocycles. The lowest BCUT2D eigenvalue weighted by molar-refractivity contribution is 0.376. The molecule has 1 atom stereocenters. The first-order valence-electron chi connectivity index (χ1n) is 6.29. The van der Waals surface area contributed by atoms with Crippen LogP contribution in [0, 0.1) is 5.92 Å². The highest BCUT2D eigenvalue weighted by atomic mass is 35.5. The third kappa shape index (κ3) is 2.33. The van der Waals surface area contributed by atoms with Crippen molar-refractivity contribution in [1.82, 2.24) is 10.3 Å². The summed E-state index contributed by atoms with van der Waals surface area (Å²) in [7, 11) is 0. The summed E-state index contributed by atoms with van der Waals surface area (Å²) >= 11 is 6.08. The monoisotopic (exact) mass is 248 g/mol. The van der Waals surface area contributed by atoms with Crippen molar-refractivity contribution in [1.29, 1.82) is 0 Å². The summed E-state index contributed by atoms with van der Waals surface area (Å²) in [5.74, 6) is 0.784. The number of H-pyrrole nitrogens is 1. The van der Waals surface area contributed by atoms with Gasteiger partial charge in [-0.1, -0.05) is 23.7 Å². The molecule has 1 fully saturated rings. The molecule has 90 valence electrons. The van der Waals surface area contributed by atoms with E-state index in [1.807, 2.05) is 6.20 Å². The topological polar surface area (TPSA) is 27.8 Å². The molecular formula is C14H17ClN2. The van der Waals surface area contributed by atoms with E-state index in [4.69, 9.17) is 11.6 Å². The van der Waals surface area contributed by atoms with Crippen LogP contribution in [0.25, 0.3) is 10.9 Å². The van der Waals surface area contributed by atoms with Crippen molar-refractivity contribution in [3.8, 4) is 0 Å². The van der Waals surface area contributed by atoms with Gasteiger partial charge in [-0.05, 0) is 49.9 Å². The highest BCUT2D eigenvalue weighted by Gasteiger charge is 2.13. The summed E-state index contributed by atoms with van der Waals surface area (Å²) < 4.78 is 0. The first kappa shape index (κ1) is 11.1. The number of rotatable bonds is 2. The van der Waals surface area contributed by atoms with Gasteiger partial charge in [-0.2, -0.15) is 0 Å². The van der Waals surface area contributed by atoms with Gasteiger partial charge in [0.2, 0.25) is 0 Å². The van der Waals surface area contributed by atoms with E-state index in [0.29, 0.717) is 0 Å². The third-order valence-corrected chi connectivity index (χ3v) is 3.93. The smallest absolute Gasteiger partial charge is 0.0659 e. The van der Waals surface area contributed by atoms with Crippen molar-refractivity contribution in [2.24, 2.45) is 5.92 Å². The Bertz CT molecular complexity index is 512. The maximum absolute atomic E-state index is 6.08. The van der Waals surface area contributed by atoms with Crippen LogP contribution in [0.3, 0.4) is 0 Å². The van der Waals surface area contributed by atoms with Gasteiger partial charge in [-0.15, -0.1) is 0 Å². The van der Waals surface area contributed by atoms with Crippen LogP contribution in [-0.2, 0) is 6.42 Å². The third-order valence-electron chi connectivity index (χ3n) is 3.62. The van der Waals surface area contributed by atoms with Gasteiger partial charge in [0.1, 0.15) is 0 Å². The van der Waals surface area contributed by atoms with E-state index in [2.05, 4.69) is 28.5 Å². The van der Waals surface area contributed by atoms with Crippen LogP contribution in [0.4, 0.5) is 0 Å². The first-order valence-corrected chi connectivity index (χ1v) is 6.67. The van der Waals surface area contributed by atoms with E-state index in [-0.39, 0.29) is 0 Å². The van der Waals surface area contributed by atoms with Gasteiger partial charge in [-0.25, -0.2) is 0 Å². The van der Waals surface area contributed by atoms with E-state index in [9.17, 15) is 0 Å². The van der Waals surface area contributed by atoms with Crippen molar-refractivity contribution < 1.29 is 0 Å². The Labute approximate surface area is 106 Å². The van der Waals surface area contributed by atoms with Crippen LogP contribution in [0.2, 0.25) is 5.02 Å². The van der Waals surface area contributed by atoms with Crippen molar-refractivity contribution in [2.75, 3.05) is 13.1 Å². The number of hydrogen-bond donors (Lipinski definition) is 2. The van der Waals surface area contributed by atoms with E-state index in [1.165, 1.54) is 31.4 Å². The Morgan fingerprint density at radius 1 is 1.35 bits per heavy atom. The molecule has 0 saturated carbocycles. The minimum absolute atomic E-state index is 0.784. The lowest BCUT2D eigenvalue weighted by Crippen LogP contribution is -2.30. The number of benzene rings is 1. The van der Waals surface area contributed by atoms with Crippen LogP contribution in [0.1, 0.15) is 18.4 Å². The minimum Gasteiger partial charge on any atom is -0.360 e. The largest absolute Gasteiger partial charge is 0.360 e. The van der Waals surface area contributed by atoms with E-state index < -0.39 is 0 Å². The van der Waals surface area contributed by atoms with Crippen LogP contribution < -0.4 is 5.32 Å².